The first-order chi connectivity index (χ1) is 7.57. The second-order valence-corrected chi connectivity index (χ2v) is 3.15. The van der Waals surface area contributed by atoms with Crippen molar-refractivity contribution < 1.29 is 24.2 Å². The van der Waals surface area contributed by atoms with E-state index in [0.29, 0.717) is 25.2 Å². The Balaban J connectivity index is 3.59. The van der Waals surface area contributed by atoms with Gasteiger partial charge in [0, 0.05) is 5.57 Å². The molecule has 92 valence electrons. The highest BCUT2D eigenvalue weighted by Gasteiger charge is 2.03. The summed E-state index contributed by atoms with van der Waals surface area (Å²) in [6.07, 6.45) is 2.30. The summed E-state index contributed by atoms with van der Waals surface area (Å²) in [5, 5.41) is 8.34. The SMILES string of the molecule is CCOC(=O)/C(C)=C/CCOCCC(=O)O. The minimum Gasteiger partial charge on any atom is -0.481 e. The van der Waals surface area contributed by atoms with Crippen LogP contribution in [0.3, 0.4) is 0 Å². The molecule has 0 aromatic carbocycles. The van der Waals surface area contributed by atoms with E-state index in [-0.39, 0.29) is 19.0 Å². The molecule has 16 heavy (non-hydrogen) atoms. The Morgan fingerprint density at radius 1 is 1.31 bits per heavy atom. The average Bonchev–Trinajstić information content (AvgIpc) is 2.22. The van der Waals surface area contributed by atoms with Gasteiger partial charge in [0.2, 0.25) is 0 Å². The van der Waals surface area contributed by atoms with Crippen LogP contribution in [-0.4, -0.2) is 36.9 Å². The molecule has 0 saturated carbocycles. The maximum Gasteiger partial charge on any atom is 0.333 e. The van der Waals surface area contributed by atoms with Crippen molar-refractivity contribution >= 4 is 11.9 Å². The summed E-state index contributed by atoms with van der Waals surface area (Å²) in [4.78, 5) is 21.3. The van der Waals surface area contributed by atoms with Crippen molar-refractivity contribution in [1.29, 1.82) is 0 Å². The number of carbonyl (C=O) groups is 2. The van der Waals surface area contributed by atoms with Gasteiger partial charge in [-0.05, 0) is 20.3 Å². The lowest BCUT2D eigenvalue weighted by Crippen LogP contribution is -2.06. The third-order valence-electron chi connectivity index (χ3n) is 1.77. The number of aliphatic carboxylic acids is 1. The smallest absolute Gasteiger partial charge is 0.333 e. The Labute approximate surface area is 95.0 Å². The molecule has 0 radical (unpaired) electrons. The van der Waals surface area contributed by atoms with E-state index in [9.17, 15) is 9.59 Å². The van der Waals surface area contributed by atoms with Crippen LogP contribution < -0.4 is 0 Å². The minimum absolute atomic E-state index is 0.000568. The molecular weight excluding hydrogens is 212 g/mol. The van der Waals surface area contributed by atoms with Gasteiger partial charge in [0.1, 0.15) is 0 Å². The Morgan fingerprint density at radius 3 is 2.56 bits per heavy atom. The summed E-state index contributed by atoms with van der Waals surface area (Å²) < 4.78 is 9.84. The predicted octanol–water partition coefficient (Wildman–Crippen LogP) is 1.38. The van der Waals surface area contributed by atoms with Gasteiger partial charge in [0.15, 0.2) is 0 Å². The van der Waals surface area contributed by atoms with Crippen LogP contribution in [0.15, 0.2) is 11.6 Å². The van der Waals surface area contributed by atoms with E-state index in [0.717, 1.165) is 0 Å². The third-order valence-corrected chi connectivity index (χ3v) is 1.77. The van der Waals surface area contributed by atoms with Gasteiger partial charge in [-0.15, -0.1) is 0 Å². The van der Waals surface area contributed by atoms with Crippen molar-refractivity contribution in [2.24, 2.45) is 0 Å². The molecule has 0 aliphatic rings. The Morgan fingerprint density at radius 2 is 2.00 bits per heavy atom. The van der Waals surface area contributed by atoms with Crippen LogP contribution in [0.2, 0.25) is 0 Å². The largest absolute Gasteiger partial charge is 0.481 e. The quantitative estimate of drug-likeness (QED) is 0.387. The van der Waals surface area contributed by atoms with Crippen LogP contribution in [0.4, 0.5) is 0 Å². The van der Waals surface area contributed by atoms with E-state index >= 15 is 0 Å². The summed E-state index contributed by atoms with van der Waals surface area (Å²) in [5.74, 6) is -1.20. The molecule has 0 aliphatic carbocycles. The zero-order valence-corrected chi connectivity index (χ0v) is 9.69. The lowest BCUT2D eigenvalue weighted by Gasteiger charge is -2.02. The predicted molar refractivity (Wildman–Crippen MR) is 58.1 cm³/mol. The molecule has 0 amide bonds. The molecule has 0 aliphatic heterocycles. The average molecular weight is 230 g/mol. The zero-order chi connectivity index (χ0) is 12.4. The Bertz CT molecular complexity index is 257. The Hall–Kier alpha value is -1.36. The van der Waals surface area contributed by atoms with Gasteiger partial charge in [-0.25, -0.2) is 4.79 Å². The minimum atomic E-state index is -0.877. The maximum absolute atomic E-state index is 11.1. The van der Waals surface area contributed by atoms with E-state index in [2.05, 4.69) is 0 Å². The zero-order valence-electron chi connectivity index (χ0n) is 9.69. The van der Waals surface area contributed by atoms with Gasteiger partial charge < -0.3 is 14.6 Å². The molecule has 0 spiro atoms. The molecule has 5 heteroatoms. The van der Waals surface area contributed by atoms with Gasteiger partial charge >= 0.3 is 11.9 Å². The third kappa shape index (κ3) is 7.99. The van der Waals surface area contributed by atoms with Gasteiger partial charge in [0.05, 0.1) is 26.2 Å². The monoisotopic (exact) mass is 230 g/mol. The number of carbonyl (C=O) groups excluding carboxylic acids is 1. The fourth-order valence-corrected chi connectivity index (χ4v) is 0.949. The van der Waals surface area contributed by atoms with E-state index < -0.39 is 5.97 Å². The number of hydrogen-bond acceptors (Lipinski definition) is 4. The summed E-state index contributed by atoms with van der Waals surface area (Å²) in [6.45, 7) is 4.39. The van der Waals surface area contributed by atoms with Crippen molar-refractivity contribution in [3.63, 3.8) is 0 Å². The summed E-state index contributed by atoms with van der Waals surface area (Å²) >= 11 is 0. The van der Waals surface area contributed by atoms with Crippen molar-refractivity contribution in [1.82, 2.24) is 0 Å². The van der Waals surface area contributed by atoms with E-state index in [1.807, 2.05) is 0 Å². The lowest BCUT2D eigenvalue weighted by molar-refractivity contribution is -0.139. The standard InChI is InChI=1S/C11H18O5/c1-3-16-11(14)9(2)5-4-7-15-8-6-10(12)13/h5H,3-4,6-8H2,1-2H3,(H,12,13)/b9-5+. The molecule has 0 fully saturated rings. The highest BCUT2D eigenvalue weighted by molar-refractivity contribution is 5.87. The maximum atomic E-state index is 11.1. The Kier molecular flexibility index (Phi) is 8.15. The van der Waals surface area contributed by atoms with E-state index in [1.165, 1.54) is 0 Å². The van der Waals surface area contributed by atoms with Gasteiger partial charge in [-0.3, -0.25) is 4.79 Å². The van der Waals surface area contributed by atoms with Gasteiger partial charge in [-0.2, -0.15) is 0 Å². The first-order valence-corrected chi connectivity index (χ1v) is 5.21. The second kappa shape index (κ2) is 8.91. The van der Waals surface area contributed by atoms with Crippen LogP contribution in [0.5, 0.6) is 0 Å². The number of ether oxygens (including phenoxy) is 2. The molecular formula is C11H18O5. The summed E-state index contributed by atoms with van der Waals surface area (Å²) in [6, 6.07) is 0. The van der Waals surface area contributed by atoms with Crippen LogP contribution in [0, 0.1) is 0 Å². The molecule has 0 aromatic heterocycles. The topological polar surface area (TPSA) is 72.8 Å². The lowest BCUT2D eigenvalue weighted by atomic mass is 10.2. The molecule has 0 unspecified atom stereocenters. The first-order valence-electron chi connectivity index (χ1n) is 5.21. The van der Waals surface area contributed by atoms with Gasteiger partial charge in [-0.1, -0.05) is 6.08 Å². The molecule has 0 rings (SSSR count). The molecule has 5 nitrogen and oxygen atoms in total. The number of hydrogen-bond donors (Lipinski definition) is 1. The molecule has 1 N–H and O–H groups in total. The number of carboxylic acid groups (broad SMARTS) is 1. The van der Waals surface area contributed by atoms with Crippen molar-refractivity contribution in [3.05, 3.63) is 11.6 Å². The second-order valence-electron chi connectivity index (χ2n) is 3.15. The molecule has 0 bridgehead atoms. The number of esters is 1. The summed E-state index contributed by atoms with van der Waals surface area (Å²) in [7, 11) is 0. The van der Waals surface area contributed by atoms with Gasteiger partial charge in [0.25, 0.3) is 0 Å². The van der Waals surface area contributed by atoms with Crippen LogP contribution in [-0.2, 0) is 19.1 Å². The first kappa shape index (κ1) is 14.6. The number of rotatable bonds is 8. The summed E-state index contributed by atoms with van der Waals surface area (Å²) in [5.41, 5.74) is 0.545. The highest BCUT2D eigenvalue weighted by Crippen LogP contribution is 1.99. The van der Waals surface area contributed by atoms with Crippen LogP contribution in [0.25, 0.3) is 0 Å². The van der Waals surface area contributed by atoms with Crippen LogP contribution in [0.1, 0.15) is 26.7 Å². The normalized spacial score (nSPS) is 11.2. The van der Waals surface area contributed by atoms with Crippen molar-refractivity contribution in [3.8, 4) is 0 Å². The molecule has 0 heterocycles. The van der Waals surface area contributed by atoms with E-state index in [4.69, 9.17) is 14.6 Å². The fraction of sp³-hybridized carbons (Fsp3) is 0.636. The van der Waals surface area contributed by atoms with Crippen molar-refractivity contribution in [2.45, 2.75) is 26.7 Å². The molecule has 0 saturated heterocycles. The van der Waals surface area contributed by atoms with E-state index in [1.54, 1.807) is 19.9 Å². The molecule has 0 aromatic rings. The number of carboxylic acids is 1. The van der Waals surface area contributed by atoms with Crippen molar-refractivity contribution in [2.75, 3.05) is 19.8 Å². The highest BCUT2D eigenvalue weighted by atomic mass is 16.5. The molecule has 0 atom stereocenters. The van der Waals surface area contributed by atoms with Crippen LogP contribution >= 0.6 is 0 Å². The fourth-order valence-electron chi connectivity index (χ4n) is 0.949.